The minimum atomic E-state index is -0.0934. The van der Waals surface area contributed by atoms with Crippen LogP contribution in [0.25, 0.3) is 0 Å². The molecule has 3 aromatic rings. The molecule has 128 valence electrons. The van der Waals surface area contributed by atoms with E-state index in [-0.39, 0.29) is 11.5 Å². The third-order valence-corrected chi connectivity index (χ3v) is 5.11. The zero-order valence-corrected chi connectivity index (χ0v) is 14.4. The molecule has 0 unspecified atom stereocenters. The Kier molecular flexibility index (Phi) is 4.28. The van der Waals surface area contributed by atoms with Crippen LogP contribution >= 0.6 is 11.3 Å². The summed E-state index contributed by atoms with van der Waals surface area (Å²) in [4.78, 5) is 27.7. The van der Waals surface area contributed by atoms with Crippen LogP contribution in [0.5, 0.6) is 0 Å². The van der Waals surface area contributed by atoms with E-state index < -0.39 is 0 Å². The van der Waals surface area contributed by atoms with Gasteiger partial charge in [-0.2, -0.15) is 0 Å². The van der Waals surface area contributed by atoms with E-state index in [2.05, 4.69) is 0 Å². The molecule has 6 heteroatoms. The molecule has 0 aliphatic heterocycles. The van der Waals surface area contributed by atoms with Gasteiger partial charge in [0.2, 0.25) is 0 Å². The Hall–Kier alpha value is -2.60. The second-order valence-corrected chi connectivity index (χ2v) is 7.21. The molecule has 1 saturated carbocycles. The summed E-state index contributed by atoms with van der Waals surface area (Å²) in [6.45, 7) is 0.941. The van der Waals surface area contributed by atoms with Gasteiger partial charge in [0.25, 0.3) is 11.5 Å². The van der Waals surface area contributed by atoms with Gasteiger partial charge >= 0.3 is 0 Å². The number of pyridine rings is 1. The van der Waals surface area contributed by atoms with Crippen LogP contribution in [0.4, 0.5) is 0 Å². The highest BCUT2D eigenvalue weighted by molar-refractivity contribution is 7.09. The summed E-state index contributed by atoms with van der Waals surface area (Å²) in [5.41, 5.74) is -0.0934. The fourth-order valence-corrected chi connectivity index (χ4v) is 3.50. The molecule has 3 aromatic heterocycles. The SMILES string of the molecule is O=C(c1ccc(Cn2ccccc2=O)o1)N(Cc1cccs1)C1CC1. The summed E-state index contributed by atoms with van der Waals surface area (Å²) in [6, 6.07) is 12.8. The quantitative estimate of drug-likeness (QED) is 0.682. The van der Waals surface area contributed by atoms with E-state index in [9.17, 15) is 9.59 Å². The smallest absolute Gasteiger partial charge is 0.290 e. The predicted molar refractivity (Wildman–Crippen MR) is 95.7 cm³/mol. The first-order chi connectivity index (χ1) is 12.2. The molecule has 1 aliphatic rings. The zero-order valence-electron chi connectivity index (χ0n) is 13.6. The van der Waals surface area contributed by atoms with E-state index in [0.717, 1.165) is 12.8 Å². The van der Waals surface area contributed by atoms with Crippen LogP contribution in [0.3, 0.4) is 0 Å². The van der Waals surface area contributed by atoms with Crippen LogP contribution in [0.2, 0.25) is 0 Å². The summed E-state index contributed by atoms with van der Waals surface area (Å²) in [6.07, 6.45) is 3.80. The van der Waals surface area contributed by atoms with E-state index in [1.165, 1.54) is 10.9 Å². The van der Waals surface area contributed by atoms with Gasteiger partial charge in [-0.15, -0.1) is 11.3 Å². The predicted octanol–water partition coefficient (Wildman–Crippen LogP) is 3.36. The highest BCUT2D eigenvalue weighted by Crippen LogP contribution is 2.31. The molecular weight excluding hydrogens is 336 g/mol. The minimum absolute atomic E-state index is 0.0810. The lowest BCUT2D eigenvalue weighted by Gasteiger charge is -2.20. The number of rotatable bonds is 6. The lowest BCUT2D eigenvalue weighted by molar-refractivity contribution is 0.0697. The Morgan fingerprint density at radius 3 is 2.80 bits per heavy atom. The molecule has 1 amide bonds. The number of nitrogens with zero attached hydrogens (tertiary/aromatic N) is 2. The number of hydrogen-bond acceptors (Lipinski definition) is 4. The number of amides is 1. The van der Waals surface area contributed by atoms with Gasteiger partial charge in [-0.25, -0.2) is 0 Å². The number of thiophene rings is 1. The normalized spacial score (nSPS) is 13.8. The maximum Gasteiger partial charge on any atom is 0.290 e. The highest BCUT2D eigenvalue weighted by atomic mass is 32.1. The van der Waals surface area contributed by atoms with Gasteiger partial charge in [-0.1, -0.05) is 12.1 Å². The third kappa shape index (κ3) is 3.58. The maximum absolute atomic E-state index is 12.9. The zero-order chi connectivity index (χ0) is 17.2. The van der Waals surface area contributed by atoms with Crippen molar-refractivity contribution in [2.24, 2.45) is 0 Å². The molecule has 0 saturated heterocycles. The van der Waals surface area contributed by atoms with Crippen LogP contribution in [-0.2, 0) is 13.1 Å². The summed E-state index contributed by atoms with van der Waals surface area (Å²) in [7, 11) is 0. The lowest BCUT2D eigenvalue weighted by Crippen LogP contribution is -2.32. The number of furan rings is 1. The summed E-state index contributed by atoms with van der Waals surface area (Å²) >= 11 is 1.66. The number of carbonyl (C=O) groups is 1. The van der Waals surface area contributed by atoms with Crippen molar-refractivity contribution in [3.05, 3.63) is 80.8 Å². The average Bonchev–Trinajstić information content (AvgIpc) is 3.13. The molecular formula is C19H18N2O3S. The van der Waals surface area contributed by atoms with Crippen molar-refractivity contribution < 1.29 is 9.21 Å². The van der Waals surface area contributed by atoms with Gasteiger partial charge < -0.3 is 13.9 Å². The fraction of sp³-hybridized carbons (Fsp3) is 0.263. The van der Waals surface area contributed by atoms with Gasteiger partial charge in [0.15, 0.2) is 5.76 Å². The van der Waals surface area contributed by atoms with Crippen molar-refractivity contribution in [1.29, 1.82) is 0 Å². The van der Waals surface area contributed by atoms with Gasteiger partial charge in [-0.3, -0.25) is 9.59 Å². The summed E-state index contributed by atoms with van der Waals surface area (Å²) < 4.78 is 7.29. The topological polar surface area (TPSA) is 55.5 Å². The Morgan fingerprint density at radius 1 is 1.20 bits per heavy atom. The Balaban J connectivity index is 1.51. The lowest BCUT2D eigenvalue weighted by atomic mass is 10.3. The molecule has 25 heavy (non-hydrogen) atoms. The van der Waals surface area contributed by atoms with E-state index in [4.69, 9.17) is 4.42 Å². The minimum Gasteiger partial charge on any atom is -0.454 e. The van der Waals surface area contributed by atoms with Crippen LogP contribution in [-0.4, -0.2) is 21.4 Å². The van der Waals surface area contributed by atoms with Gasteiger partial charge in [-0.05, 0) is 42.5 Å². The third-order valence-electron chi connectivity index (χ3n) is 4.25. The Morgan fingerprint density at radius 2 is 2.08 bits per heavy atom. The molecule has 0 atom stereocenters. The van der Waals surface area contributed by atoms with Crippen molar-refractivity contribution in [1.82, 2.24) is 9.47 Å². The van der Waals surface area contributed by atoms with Crippen molar-refractivity contribution in [2.75, 3.05) is 0 Å². The number of carbonyl (C=O) groups excluding carboxylic acids is 1. The molecule has 0 N–H and O–H groups in total. The van der Waals surface area contributed by atoms with Crippen LogP contribution < -0.4 is 5.56 Å². The number of aromatic nitrogens is 1. The summed E-state index contributed by atoms with van der Waals surface area (Å²) in [5.74, 6) is 0.855. The standard InChI is InChI=1S/C19H18N2O3S/c22-18-5-1-2-10-20(18)12-15-8-9-17(24-15)19(23)21(14-6-7-14)13-16-4-3-11-25-16/h1-5,8-11,14H,6-7,12-13H2. The van der Waals surface area contributed by atoms with Crippen molar-refractivity contribution in [2.45, 2.75) is 32.0 Å². The summed E-state index contributed by atoms with van der Waals surface area (Å²) in [5, 5.41) is 2.02. The molecule has 4 rings (SSSR count). The van der Waals surface area contributed by atoms with Crippen LogP contribution in [0.1, 0.15) is 34.0 Å². The first-order valence-electron chi connectivity index (χ1n) is 8.28. The molecule has 0 spiro atoms. The van der Waals surface area contributed by atoms with Crippen LogP contribution in [0, 0.1) is 0 Å². The monoisotopic (exact) mass is 354 g/mol. The molecule has 0 bridgehead atoms. The molecule has 1 aliphatic carbocycles. The average molecular weight is 354 g/mol. The van der Waals surface area contributed by atoms with E-state index in [1.54, 1.807) is 46.4 Å². The first kappa shape index (κ1) is 15.9. The van der Waals surface area contributed by atoms with Crippen molar-refractivity contribution >= 4 is 17.2 Å². The van der Waals surface area contributed by atoms with Gasteiger partial charge in [0, 0.05) is 23.2 Å². The Labute approximate surface area is 149 Å². The molecule has 3 heterocycles. The molecule has 5 nitrogen and oxygen atoms in total. The number of hydrogen-bond donors (Lipinski definition) is 0. The van der Waals surface area contributed by atoms with E-state index >= 15 is 0 Å². The van der Waals surface area contributed by atoms with E-state index in [0.29, 0.717) is 30.7 Å². The van der Waals surface area contributed by atoms with Crippen molar-refractivity contribution in [3.8, 4) is 0 Å². The second kappa shape index (κ2) is 6.72. The van der Waals surface area contributed by atoms with Crippen molar-refractivity contribution in [3.63, 3.8) is 0 Å². The van der Waals surface area contributed by atoms with Gasteiger partial charge in [0.05, 0.1) is 13.1 Å². The fourth-order valence-electron chi connectivity index (χ4n) is 2.80. The maximum atomic E-state index is 12.9. The second-order valence-electron chi connectivity index (χ2n) is 6.18. The first-order valence-corrected chi connectivity index (χ1v) is 9.16. The van der Waals surface area contributed by atoms with E-state index in [1.807, 2.05) is 22.4 Å². The Bertz CT molecular complexity index is 922. The molecule has 0 radical (unpaired) electrons. The van der Waals surface area contributed by atoms with Crippen LogP contribution in [0.15, 0.2) is 63.3 Å². The largest absolute Gasteiger partial charge is 0.454 e. The molecule has 0 aromatic carbocycles. The molecule has 1 fully saturated rings. The highest BCUT2D eigenvalue weighted by Gasteiger charge is 2.34. The van der Waals surface area contributed by atoms with Gasteiger partial charge in [0.1, 0.15) is 5.76 Å².